The van der Waals surface area contributed by atoms with E-state index in [0.717, 1.165) is 32.3 Å². The van der Waals surface area contributed by atoms with Crippen LogP contribution in [0.2, 0.25) is 0 Å². The molecule has 0 aliphatic heterocycles. The number of nitrogens with zero attached hydrogens (tertiary/aromatic N) is 2. The molecule has 0 bridgehead atoms. The number of hydrogen-bond donors (Lipinski definition) is 1. The summed E-state index contributed by atoms with van der Waals surface area (Å²) in [5, 5.41) is 0.855. The van der Waals surface area contributed by atoms with Crippen molar-refractivity contribution < 1.29 is 22.6 Å². The number of H-pyrrole nitrogens is 1. The van der Waals surface area contributed by atoms with Crippen molar-refractivity contribution in [1.82, 2.24) is 15.0 Å². The minimum Gasteiger partial charge on any atom is -0.378 e. The maximum absolute atomic E-state index is 12.0. The van der Waals surface area contributed by atoms with Gasteiger partial charge in [0.15, 0.2) is 5.16 Å². The summed E-state index contributed by atoms with van der Waals surface area (Å²) >= 11 is 3.23. The third-order valence-corrected chi connectivity index (χ3v) is 5.99. The smallest absolute Gasteiger partial charge is 0.378 e. The molecule has 0 amide bonds. The Labute approximate surface area is 181 Å². The van der Waals surface area contributed by atoms with Gasteiger partial charge >= 0.3 is 6.18 Å². The Balaban J connectivity index is 1.40. The summed E-state index contributed by atoms with van der Waals surface area (Å²) in [5.41, 5.74) is 3.98. The summed E-state index contributed by atoms with van der Waals surface area (Å²) in [5.74, 6) is 1.39. The van der Waals surface area contributed by atoms with Crippen LogP contribution in [0.4, 0.5) is 13.2 Å². The molecule has 30 heavy (non-hydrogen) atoms. The van der Waals surface area contributed by atoms with Crippen molar-refractivity contribution in [2.75, 3.05) is 32.2 Å². The highest BCUT2D eigenvalue weighted by atomic mass is 32.2. The zero-order valence-corrected chi connectivity index (χ0v) is 18.0. The lowest BCUT2D eigenvalue weighted by molar-refractivity contribution is -0.176. The second-order valence-electron chi connectivity index (χ2n) is 6.42. The molecular weight excluding hydrogens is 435 g/mol. The lowest BCUT2D eigenvalue weighted by Gasteiger charge is -2.09. The zero-order chi connectivity index (χ0) is 21.4. The van der Waals surface area contributed by atoms with Crippen molar-refractivity contribution in [3.63, 3.8) is 0 Å². The van der Waals surface area contributed by atoms with E-state index in [9.17, 15) is 13.2 Å². The Morgan fingerprint density at radius 3 is 2.67 bits per heavy atom. The van der Waals surface area contributed by atoms with Crippen LogP contribution in [0.15, 0.2) is 46.6 Å². The van der Waals surface area contributed by atoms with Gasteiger partial charge in [-0.25, -0.2) is 4.98 Å². The standard InChI is InChI=1S/C20H22F3N3O2S2/c1-14-11-24-15(12-30-19-25-16-4-2-3-5-17(16)26-19)10-18(14)29-9-8-27-6-7-28-13-20(21,22)23/h2-5,10-11H,6-9,12-13H2,1H3,(H,25,26). The minimum atomic E-state index is -4.30. The molecule has 5 nitrogen and oxygen atoms in total. The second kappa shape index (κ2) is 11.0. The predicted octanol–water partition coefficient (Wildman–Crippen LogP) is 5.25. The van der Waals surface area contributed by atoms with Crippen LogP contribution in [0.1, 0.15) is 11.3 Å². The number of nitrogens with one attached hydrogen (secondary N) is 1. The molecule has 1 N–H and O–H groups in total. The molecule has 162 valence electrons. The molecule has 0 spiro atoms. The van der Waals surface area contributed by atoms with E-state index in [1.165, 1.54) is 0 Å². The largest absolute Gasteiger partial charge is 0.411 e. The summed E-state index contributed by atoms with van der Waals surface area (Å²) in [6.45, 7) is 1.27. The van der Waals surface area contributed by atoms with E-state index in [-0.39, 0.29) is 13.2 Å². The van der Waals surface area contributed by atoms with Gasteiger partial charge in [0.25, 0.3) is 0 Å². The first-order chi connectivity index (χ1) is 14.4. The summed E-state index contributed by atoms with van der Waals surface area (Å²) in [6, 6.07) is 9.96. The van der Waals surface area contributed by atoms with Crippen molar-refractivity contribution in [3.05, 3.63) is 47.8 Å². The van der Waals surface area contributed by atoms with Crippen LogP contribution in [0.5, 0.6) is 0 Å². The number of aromatic amines is 1. The molecule has 3 rings (SSSR count). The number of pyridine rings is 1. The molecule has 0 saturated heterocycles. The van der Waals surface area contributed by atoms with E-state index in [2.05, 4.69) is 25.8 Å². The Kier molecular flexibility index (Phi) is 8.43. The number of aromatic nitrogens is 3. The average Bonchev–Trinajstić information content (AvgIpc) is 3.12. The van der Waals surface area contributed by atoms with Crippen LogP contribution < -0.4 is 0 Å². The number of benzene rings is 1. The van der Waals surface area contributed by atoms with E-state index < -0.39 is 12.8 Å². The first kappa shape index (κ1) is 22.9. The topological polar surface area (TPSA) is 60.0 Å². The van der Waals surface area contributed by atoms with Crippen molar-refractivity contribution in [2.24, 2.45) is 0 Å². The van der Waals surface area contributed by atoms with Gasteiger partial charge < -0.3 is 14.5 Å². The van der Waals surface area contributed by atoms with Crippen LogP contribution in [-0.4, -0.2) is 53.3 Å². The molecule has 2 heterocycles. The van der Waals surface area contributed by atoms with Gasteiger partial charge in [-0.2, -0.15) is 13.2 Å². The fourth-order valence-electron chi connectivity index (χ4n) is 2.54. The van der Waals surface area contributed by atoms with E-state index >= 15 is 0 Å². The molecule has 0 radical (unpaired) electrons. The third-order valence-electron chi connectivity index (χ3n) is 3.96. The summed E-state index contributed by atoms with van der Waals surface area (Å²) < 4.78 is 45.7. The van der Waals surface area contributed by atoms with Gasteiger partial charge in [0.2, 0.25) is 0 Å². The molecule has 0 aliphatic carbocycles. The van der Waals surface area contributed by atoms with Gasteiger partial charge in [0.05, 0.1) is 36.5 Å². The zero-order valence-electron chi connectivity index (χ0n) is 16.4. The highest BCUT2D eigenvalue weighted by molar-refractivity contribution is 7.99. The number of ether oxygens (including phenoxy) is 2. The molecule has 1 aromatic carbocycles. The molecule has 0 fully saturated rings. The van der Waals surface area contributed by atoms with E-state index in [4.69, 9.17) is 4.74 Å². The molecule has 0 unspecified atom stereocenters. The number of thioether (sulfide) groups is 2. The first-order valence-corrected chi connectivity index (χ1v) is 11.3. The monoisotopic (exact) mass is 457 g/mol. The normalized spacial score (nSPS) is 12.0. The second-order valence-corrected chi connectivity index (χ2v) is 8.52. The molecular formula is C20H22F3N3O2S2. The summed E-state index contributed by atoms with van der Waals surface area (Å²) in [4.78, 5) is 13.5. The van der Waals surface area contributed by atoms with Gasteiger partial charge in [0, 0.05) is 22.6 Å². The molecule has 10 heteroatoms. The fraction of sp³-hybridized carbons (Fsp3) is 0.400. The SMILES string of the molecule is Cc1cnc(CSc2nc3ccccc3[nH]2)cc1SCCOCCOCC(F)(F)F. The van der Waals surface area contributed by atoms with Gasteiger partial charge in [-0.1, -0.05) is 23.9 Å². The number of aryl methyl sites for hydroxylation is 1. The van der Waals surface area contributed by atoms with Crippen LogP contribution in [0.25, 0.3) is 11.0 Å². The highest BCUT2D eigenvalue weighted by Gasteiger charge is 2.27. The molecule has 3 aromatic rings. The van der Waals surface area contributed by atoms with Gasteiger partial charge in [-0.05, 0) is 30.7 Å². The van der Waals surface area contributed by atoms with Crippen LogP contribution in [0, 0.1) is 6.92 Å². The quantitative estimate of drug-likeness (QED) is 0.314. The average molecular weight is 458 g/mol. The van der Waals surface area contributed by atoms with Crippen LogP contribution in [0.3, 0.4) is 0 Å². The number of halogens is 3. The van der Waals surface area contributed by atoms with Gasteiger partial charge in [-0.3, -0.25) is 4.98 Å². The Morgan fingerprint density at radius 1 is 1.07 bits per heavy atom. The van der Waals surface area contributed by atoms with E-state index in [1.807, 2.05) is 37.4 Å². The lowest BCUT2D eigenvalue weighted by atomic mass is 10.3. The Morgan fingerprint density at radius 2 is 1.87 bits per heavy atom. The summed E-state index contributed by atoms with van der Waals surface area (Å²) in [6.07, 6.45) is -2.45. The molecule has 0 atom stereocenters. The molecule has 0 aliphatic rings. The molecule has 2 aromatic heterocycles. The maximum Gasteiger partial charge on any atom is 0.411 e. The highest BCUT2D eigenvalue weighted by Crippen LogP contribution is 2.26. The predicted molar refractivity (Wildman–Crippen MR) is 113 cm³/mol. The number of rotatable bonds is 11. The van der Waals surface area contributed by atoms with Crippen LogP contribution in [-0.2, 0) is 15.2 Å². The van der Waals surface area contributed by atoms with Crippen LogP contribution >= 0.6 is 23.5 Å². The Hall–Kier alpha value is -1.75. The lowest BCUT2D eigenvalue weighted by Crippen LogP contribution is -2.19. The first-order valence-electron chi connectivity index (χ1n) is 9.29. The van der Waals surface area contributed by atoms with Crippen molar-refractivity contribution in [1.29, 1.82) is 0 Å². The maximum atomic E-state index is 12.0. The van der Waals surface area contributed by atoms with Crippen molar-refractivity contribution in [2.45, 2.75) is 28.9 Å². The number of para-hydroxylation sites is 2. The number of imidazole rings is 1. The fourth-order valence-corrected chi connectivity index (χ4v) is 4.25. The number of alkyl halides is 3. The van der Waals surface area contributed by atoms with Crippen molar-refractivity contribution >= 4 is 34.6 Å². The molecule has 0 saturated carbocycles. The number of hydrogen-bond acceptors (Lipinski definition) is 6. The van der Waals surface area contributed by atoms with Crippen molar-refractivity contribution in [3.8, 4) is 0 Å². The Bertz CT molecular complexity index is 917. The third kappa shape index (κ3) is 7.50. The van der Waals surface area contributed by atoms with Gasteiger partial charge in [-0.15, -0.1) is 11.8 Å². The van der Waals surface area contributed by atoms with E-state index in [1.54, 1.807) is 23.5 Å². The minimum absolute atomic E-state index is 0.0678. The van der Waals surface area contributed by atoms with Gasteiger partial charge in [0.1, 0.15) is 6.61 Å². The van der Waals surface area contributed by atoms with E-state index in [0.29, 0.717) is 18.1 Å². The number of fused-ring (bicyclic) bond motifs is 1. The summed E-state index contributed by atoms with van der Waals surface area (Å²) in [7, 11) is 0.